The number of nitrogens with one attached hydrogen (secondary N) is 2. The number of benzene rings is 2. The molecule has 2 N–H and O–H groups in total. The zero-order valence-corrected chi connectivity index (χ0v) is 16.3. The van der Waals surface area contributed by atoms with E-state index in [1.807, 2.05) is 24.5 Å². The lowest BCUT2D eigenvalue weighted by Gasteiger charge is -2.15. The molecule has 0 saturated heterocycles. The van der Waals surface area contributed by atoms with Crippen LogP contribution in [0.2, 0.25) is 0 Å². The highest BCUT2D eigenvalue weighted by Gasteiger charge is 2.14. The van der Waals surface area contributed by atoms with Gasteiger partial charge < -0.3 is 10.6 Å². The number of carbonyl (C=O) groups excluding carboxylic acids is 2. The zero-order chi connectivity index (χ0) is 18.7. The summed E-state index contributed by atoms with van der Waals surface area (Å²) in [5.74, 6) is -0.199. The number of Topliss-reactive ketones (excluding diaryl/α,β-unsaturated/α-hetero) is 1. The maximum absolute atomic E-state index is 12.4. The second kappa shape index (κ2) is 7.88. The van der Waals surface area contributed by atoms with Crippen molar-refractivity contribution in [1.29, 1.82) is 0 Å². The number of fused-ring (bicyclic) bond motifs is 1. The molecular weight excluding hydrogens is 366 g/mol. The van der Waals surface area contributed by atoms with Gasteiger partial charge in [-0.15, -0.1) is 11.3 Å². The summed E-state index contributed by atoms with van der Waals surface area (Å²) in [6.45, 7) is 3.30. The molecule has 0 radical (unpaired) electrons. The average Bonchev–Trinajstić information content (AvgIpc) is 3.04. The lowest BCUT2D eigenvalue weighted by Crippen LogP contribution is -2.31. The fraction of sp³-hybridized carbons (Fsp3) is 0.211. The summed E-state index contributed by atoms with van der Waals surface area (Å²) in [4.78, 5) is 28.4. The number of amides is 1. The predicted octanol–water partition coefficient (Wildman–Crippen LogP) is 4.66. The van der Waals surface area contributed by atoms with E-state index in [4.69, 9.17) is 0 Å². The number of nitrogens with zero attached hydrogens (tertiary/aromatic N) is 1. The van der Waals surface area contributed by atoms with Crippen LogP contribution in [-0.2, 0) is 4.79 Å². The number of aromatic nitrogens is 1. The van der Waals surface area contributed by atoms with Gasteiger partial charge in [0.1, 0.15) is 6.04 Å². The number of hydrogen-bond donors (Lipinski definition) is 2. The van der Waals surface area contributed by atoms with E-state index in [0.717, 1.165) is 20.2 Å². The Bertz CT molecular complexity index is 968. The van der Waals surface area contributed by atoms with Crippen molar-refractivity contribution < 1.29 is 9.59 Å². The Morgan fingerprint density at radius 1 is 1.15 bits per heavy atom. The van der Waals surface area contributed by atoms with E-state index >= 15 is 0 Å². The van der Waals surface area contributed by atoms with E-state index in [0.29, 0.717) is 11.3 Å². The SMILES string of the molecule is CSc1nc2ccc(N[C@H](C)C(=O)Nc3cccc(C(C)=O)c3)cc2s1. The molecule has 7 heteroatoms. The Labute approximate surface area is 160 Å². The molecule has 5 nitrogen and oxygen atoms in total. The predicted molar refractivity (Wildman–Crippen MR) is 110 cm³/mol. The van der Waals surface area contributed by atoms with Crippen LogP contribution >= 0.6 is 23.1 Å². The molecule has 1 amide bonds. The minimum Gasteiger partial charge on any atom is -0.374 e. The monoisotopic (exact) mass is 385 g/mol. The van der Waals surface area contributed by atoms with Crippen molar-refractivity contribution in [3.63, 3.8) is 0 Å². The molecule has 0 unspecified atom stereocenters. The maximum atomic E-state index is 12.4. The number of thioether (sulfide) groups is 1. The van der Waals surface area contributed by atoms with Gasteiger partial charge in [-0.3, -0.25) is 9.59 Å². The minimum absolute atomic E-state index is 0.0326. The van der Waals surface area contributed by atoms with Crippen LogP contribution in [0.1, 0.15) is 24.2 Å². The van der Waals surface area contributed by atoms with E-state index < -0.39 is 6.04 Å². The molecule has 3 aromatic rings. The van der Waals surface area contributed by atoms with Crippen molar-refractivity contribution in [3.8, 4) is 0 Å². The van der Waals surface area contributed by atoms with Crippen molar-refractivity contribution in [2.24, 2.45) is 0 Å². The van der Waals surface area contributed by atoms with Gasteiger partial charge in [-0.05, 0) is 50.4 Å². The van der Waals surface area contributed by atoms with Crippen molar-refractivity contribution >= 4 is 56.4 Å². The van der Waals surface area contributed by atoms with Crippen LogP contribution < -0.4 is 10.6 Å². The fourth-order valence-electron chi connectivity index (χ4n) is 2.46. The number of rotatable bonds is 6. The van der Waals surface area contributed by atoms with Crippen LogP contribution in [0.3, 0.4) is 0 Å². The first kappa shape index (κ1) is 18.4. The Hall–Kier alpha value is -2.38. The van der Waals surface area contributed by atoms with Crippen LogP contribution in [-0.4, -0.2) is 29.0 Å². The van der Waals surface area contributed by atoms with Gasteiger partial charge in [0.15, 0.2) is 10.1 Å². The third kappa shape index (κ3) is 4.23. The molecule has 1 aromatic heterocycles. The summed E-state index contributed by atoms with van der Waals surface area (Å²) in [6.07, 6.45) is 2.00. The smallest absolute Gasteiger partial charge is 0.246 e. The molecule has 0 fully saturated rings. The summed E-state index contributed by atoms with van der Waals surface area (Å²) in [6, 6.07) is 12.4. The molecule has 1 atom stereocenters. The summed E-state index contributed by atoms with van der Waals surface area (Å²) in [7, 11) is 0. The summed E-state index contributed by atoms with van der Waals surface area (Å²) < 4.78 is 2.11. The highest BCUT2D eigenvalue weighted by atomic mass is 32.2. The average molecular weight is 386 g/mol. The van der Waals surface area contributed by atoms with E-state index in [1.165, 1.54) is 6.92 Å². The second-order valence-electron chi connectivity index (χ2n) is 5.86. The van der Waals surface area contributed by atoms with Crippen LogP contribution in [0.5, 0.6) is 0 Å². The van der Waals surface area contributed by atoms with Crippen LogP contribution in [0.4, 0.5) is 11.4 Å². The highest BCUT2D eigenvalue weighted by Crippen LogP contribution is 2.30. The Kier molecular flexibility index (Phi) is 5.58. The first-order chi connectivity index (χ1) is 12.5. The van der Waals surface area contributed by atoms with E-state index in [1.54, 1.807) is 54.3 Å². The fourth-order valence-corrected chi connectivity index (χ4v) is 3.99. The molecule has 0 aliphatic heterocycles. The Balaban J connectivity index is 1.69. The largest absolute Gasteiger partial charge is 0.374 e. The molecule has 0 saturated carbocycles. The minimum atomic E-state index is -0.429. The molecule has 2 aromatic carbocycles. The van der Waals surface area contributed by atoms with Gasteiger partial charge in [-0.25, -0.2) is 4.98 Å². The third-order valence-electron chi connectivity index (χ3n) is 3.86. The van der Waals surface area contributed by atoms with Gasteiger partial charge in [-0.2, -0.15) is 0 Å². The van der Waals surface area contributed by atoms with E-state index in [2.05, 4.69) is 15.6 Å². The summed E-state index contributed by atoms with van der Waals surface area (Å²) >= 11 is 3.26. The number of thiazole rings is 1. The van der Waals surface area contributed by atoms with Crippen molar-refractivity contribution in [2.75, 3.05) is 16.9 Å². The van der Waals surface area contributed by atoms with Crippen molar-refractivity contribution in [1.82, 2.24) is 4.98 Å². The van der Waals surface area contributed by atoms with E-state index in [9.17, 15) is 9.59 Å². The standard InChI is InChI=1S/C19H19N3O2S2/c1-11(18(24)21-14-6-4-5-13(9-14)12(2)23)20-15-7-8-16-17(10-15)26-19(22-16)25-3/h4-11,20H,1-3H3,(H,21,24)/t11-/m1/s1. The first-order valence-corrected chi connectivity index (χ1v) is 10.1. The molecular formula is C19H19N3O2S2. The summed E-state index contributed by atoms with van der Waals surface area (Å²) in [5.41, 5.74) is 3.01. The van der Waals surface area contributed by atoms with Crippen molar-refractivity contribution in [2.45, 2.75) is 24.2 Å². The normalized spacial score (nSPS) is 12.0. The Morgan fingerprint density at radius 3 is 2.69 bits per heavy atom. The number of hydrogen-bond acceptors (Lipinski definition) is 6. The molecule has 26 heavy (non-hydrogen) atoms. The molecule has 134 valence electrons. The second-order valence-corrected chi connectivity index (χ2v) is 7.94. The first-order valence-electron chi connectivity index (χ1n) is 8.09. The zero-order valence-electron chi connectivity index (χ0n) is 14.7. The van der Waals surface area contributed by atoms with E-state index in [-0.39, 0.29) is 11.7 Å². The third-order valence-corrected chi connectivity index (χ3v) is 5.86. The topological polar surface area (TPSA) is 71.1 Å². The van der Waals surface area contributed by atoms with Gasteiger partial charge in [0.2, 0.25) is 5.91 Å². The van der Waals surface area contributed by atoms with Crippen molar-refractivity contribution in [3.05, 3.63) is 48.0 Å². The molecule has 0 aliphatic rings. The molecule has 1 heterocycles. The molecule has 0 bridgehead atoms. The van der Waals surface area contributed by atoms with Crippen LogP contribution in [0, 0.1) is 0 Å². The highest BCUT2D eigenvalue weighted by molar-refractivity contribution is 8.00. The number of carbonyl (C=O) groups is 2. The Morgan fingerprint density at radius 2 is 1.96 bits per heavy atom. The van der Waals surface area contributed by atoms with Crippen LogP contribution in [0.15, 0.2) is 46.8 Å². The van der Waals surface area contributed by atoms with Gasteiger partial charge in [0.05, 0.1) is 10.2 Å². The molecule has 0 aliphatic carbocycles. The lowest BCUT2D eigenvalue weighted by molar-refractivity contribution is -0.116. The molecule has 0 spiro atoms. The molecule has 3 rings (SSSR count). The van der Waals surface area contributed by atoms with Gasteiger partial charge >= 0.3 is 0 Å². The summed E-state index contributed by atoms with van der Waals surface area (Å²) in [5, 5.41) is 6.05. The van der Waals surface area contributed by atoms with Gasteiger partial charge in [-0.1, -0.05) is 23.9 Å². The van der Waals surface area contributed by atoms with Crippen LogP contribution in [0.25, 0.3) is 10.2 Å². The lowest BCUT2D eigenvalue weighted by atomic mass is 10.1. The van der Waals surface area contributed by atoms with Gasteiger partial charge in [0.25, 0.3) is 0 Å². The quantitative estimate of drug-likeness (QED) is 0.477. The van der Waals surface area contributed by atoms with Gasteiger partial charge in [0, 0.05) is 16.9 Å². The number of anilines is 2. The maximum Gasteiger partial charge on any atom is 0.246 e. The number of ketones is 1.